The Hall–Kier alpha value is 0.420. The van der Waals surface area contributed by atoms with Crippen LogP contribution < -0.4 is 0 Å². The third-order valence-corrected chi connectivity index (χ3v) is 8.87. The van der Waals surface area contributed by atoms with E-state index in [1.807, 2.05) is 45.6 Å². The standard InChI is InChI=1S/C11H16BrO2P.C8H8Br2.C5H13O2P/c1-3-14-15(2,13)9-11-6-4-5-10(7-11)8-12;9-5-7-2-1-3-8(4-7)6-10;1-4-6-8(3)7-5-2/h4-7H,3,8-9H2,1-2H3;1-4H,5-6H2;4-5H2,1-3H3. The Morgan fingerprint density at radius 3 is 1.52 bits per heavy atom. The van der Waals surface area contributed by atoms with Crippen LogP contribution in [0, 0.1) is 0 Å². The first-order valence-corrected chi connectivity index (χ1v) is 18.0. The van der Waals surface area contributed by atoms with E-state index in [0.717, 1.165) is 34.8 Å². The number of alkyl halides is 3. The molecule has 0 aliphatic carbocycles. The van der Waals surface area contributed by atoms with Gasteiger partial charge in [0.05, 0.1) is 19.8 Å². The molecule has 0 N–H and O–H groups in total. The molecule has 4 nitrogen and oxygen atoms in total. The molecule has 0 heterocycles. The summed E-state index contributed by atoms with van der Waals surface area (Å²) in [6.45, 7) is 11.5. The number of benzene rings is 2. The minimum Gasteiger partial charge on any atom is -0.335 e. The monoisotopic (exact) mass is 688 g/mol. The van der Waals surface area contributed by atoms with Crippen molar-refractivity contribution in [3.05, 3.63) is 70.8 Å². The molecule has 0 bridgehead atoms. The third-order valence-electron chi connectivity index (χ3n) is 3.94. The first-order chi connectivity index (χ1) is 15.7. The van der Waals surface area contributed by atoms with Gasteiger partial charge in [0, 0.05) is 35.5 Å². The summed E-state index contributed by atoms with van der Waals surface area (Å²) in [4.78, 5) is 0. The Balaban J connectivity index is 0.000000495. The van der Waals surface area contributed by atoms with E-state index in [9.17, 15) is 4.57 Å². The van der Waals surface area contributed by atoms with Crippen molar-refractivity contribution >= 4 is 63.5 Å². The third kappa shape index (κ3) is 17.5. The lowest BCUT2D eigenvalue weighted by molar-refractivity contribution is 0.274. The van der Waals surface area contributed by atoms with E-state index in [-0.39, 0.29) is 0 Å². The largest absolute Gasteiger partial charge is 0.335 e. The predicted octanol–water partition coefficient (Wildman–Crippen LogP) is 9.50. The highest BCUT2D eigenvalue weighted by atomic mass is 79.9. The second-order valence-corrected chi connectivity index (χ2v) is 12.6. The molecule has 0 saturated heterocycles. The van der Waals surface area contributed by atoms with E-state index in [0.29, 0.717) is 12.8 Å². The molecule has 0 spiro atoms. The number of halogens is 3. The molecule has 0 aliphatic rings. The average Bonchev–Trinajstić information content (AvgIpc) is 2.80. The molecule has 0 aliphatic heterocycles. The summed E-state index contributed by atoms with van der Waals surface area (Å²) in [7, 11) is -3.04. The molecule has 188 valence electrons. The van der Waals surface area contributed by atoms with Crippen LogP contribution in [0.3, 0.4) is 0 Å². The molecular formula is C24H37Br3O4P2. The zero-order chi connectivity index (χ0) is 25.1. The van der Waals surface area contributed by atoms with Gasteiger partial charge in [0.1, 0.15) is 0 Å². The second kappa shape index (κ2) is 20.6. The molecule has 0 fully saturated rings. The summed E-state index contributed by atoms with van der Waals surface area (Å²) in [5, 5.41) is 2.70. The fourth-order valence-corrected chi connectivity index (χ4v) is 6.00. The van der Waals surface area contributed by atoms with E-state index in [1.165, 1.54) is 16.7 Å². The summed E-state index contributed by atoms with van der Waals surface area (Å²) in [6.07, 6.45) is 0.516. The summed E-state index contributed by atoms with van der Waals surface area (Å²) in [5.74, 6) is 0. The van der Waals surface area contributed by atoms with Gasteiger partial charge in [-0.1, -0.05) is 96.3 Å². The van der Waals surface area contributed by atoms with Crippen molar-refractivity contribution in [1.29, 1.82) is 0 Å². The maximum absolute atomic E-state index is 11.9. The molecule has 33 heavy (non-hydrogen) atoms. The summed E-state index contributed by atoms with van der Waals surface area (Å²) in [5.41, 5.74) is 4.93. The van der Waals surface area contributed by atoms with Crippen molar-refractivity contribution in [2.45, 2.75) is 42.9 Å². The highest BCUT2D eigenvalue weighted by molar-refractivity contribution is 9.09. The van der Waals surface area contributed by atoms with Gasteiger partial charge in [-0.25, -0.2) is 0 Å². The maximum atomic E-state index is 11.9. The Morgan fingerprint density at radius 2 is 1.15 bits per heavy atom. The molecular weight excluding hydrogens is 654 g/mol. The SMILES string of the molecule is BrCc1cccc(CBr)c1.CCOP(C)(=O)Cc1cccc(CBr)c1.CCOP(C)OCC. The molecule has 2 aromatic rings. The van der Waals surface area contributed by atoms with Crippen LogP contribution in [0.25, 0.3) is 0 Å². The average molecular weight is 691 g/mol. The van der Waals surface area contributed by atoms with Crippen molar-refractivity contribution in [2.75, 3.05) is 33.2 Å². The van der Waals surface area contributed by atoms with Crippen molar-refractivity contribution in [3.8, 4) is 0 Å². The van der Waals surface area contributed by atoms with Gasteiger partial charge >= 0.3 is 0 Å². The molecule has 0 aromatic heterocycles. The fraction of sp³-hybridized carbons (Fsp3) is 0.500. The topological polar surface area (TPSA) is 44.8 Å². The summed E-state index contributed by atoms with van der Waals surface area (Å²) in [6, 6.07) is 16.6. The summed E-state index contributed by atoms with van der Waals surface area (Å²) < 4.78 is 27.4. The van der Waals surface area contributed by atoms with E-state index in [4.69, 9.17) is 13.6 Å². The lowest BCUT2D eigenvalue weighted by atomic mass is 10.2. The van der Waals surface area contributed by atoms with Crippen LogP contribution in [0.15, 0.2) is 48.5 Å². The van der Waals surface area contributed by atoms with Crippen LogP contribution in [-0.4, -0.2) is 33.2 Å². The Kier molecular flexibility index (Phi) is 20.9. The molecule has 1 unspecified atom stereocenters. The van der Waals surface area contributed by atoms with Gasteiger partial charge in [0.25, 0.3) is 0 Å². The summed E-state index contributed by atoms with van der Waals surface area (Å²) >= 11 is 10.2. The van der Waals surface area contributed by atoms with Gasteiger partial charge in [0.15, 0.2) is 8.38 Å². The molecule has 0 amide bonds. The van der Waals surface area contributed by atoms with Crippen LogP contribution in [-0.2, 0) is 40.3 Å². The lowest BCUT2D eigenvalue weighted by Gasteiger charge is -2.12. The Bertz CT molecular complexity index is 784. The molecule has 9 heteroatoms. The predicted molar refractivity (Wildman–Crippen MR) is 156 cm³/mol. The first kappa shape index (κ1) is 33.4. The van der Waals surface area contributed by atoms with Crippen LogP contribution in [0.5, 0.6) is 0 Å². The van der Waals surface area contributed by atoms with E-state index < -0.39 is 15.7 Å². The van der Waals surface area contributed by atoms with E-state index in [1.54, 1.807) is 6.66 Å². The zero-order valence-corrected chi connectivity index (χ0v) is 26.8. The minimum absolute atomic E-state index is 0.506. The Morgan fingerprint density at radius 1 is 0.758 bits per heavy atom. The highest BCUT2D eigenvalue weighted by Gasteiger charge is 2.15. The van der Waals surface area contributed by atoms with Crippen molar-refractivity contribution < 1.29 is 18.1 Å². The molecule has 2 aromatic carbocycles. The zero-order valence-electron chi connectivity index (χ0n) is 20.2. The van der Waals surface area contributed by atoms with Gasteiger partial charge in [0.2, 0.25) is 7.37 Å². The minimum atomic E-state index is -2.46. The lowest BCUT2D eigenvalue weighted by Crippen LogP contribution is -1.93. The van der Waals surface area contributed by atoms with Crippen LogP contribution in [0.1, 0.15) is 43.0 Å². The number of hydrogen-bond acceptors (Lipinski definition) is 4. The van der Waals surface area contributed by atoms with E-state index >= 15 is 0 Å². The molecule has 0 radical (unpaired) electrons. The Labute approximate surface area is 227 Å². The normalized spacial score (nSPS) is 12.3. The van der Waals surface area contributed by atoms with Gasteiger partial charge in [-0.05, 0) is 43.0 Å². The van der Waals surface area contributed by atoms with Crippen molar-refractivity contribution in [3.63, 3.8) is 0 Å². The smallest absolute Gasteiger partial charge is 0.204 e. The van der Waals surface area contributed by atoms with Gasteiger partial charge < -0.3 is 13.6 Å². The van der Waals surface area contributed by atoms with E-state index in [2.05, 4.69) is 78.1 Å². The fourth-order valence-electron chi connectivity index (χ4n) is 2.66. The van der Waals surface area contributed by atoms with Crippen LogP contribution in [0.2, 0.25) is 0 Å². The molecule has 0 saturated carbocycles. The van der Waals surface area contributed by atoms with Crippen LogP contribution in [0.4, 0.5) is 0 Å². The first-order valence-electron chi connectivity index (χ1n) is 10.8. The maximum Gasteiger partial charge on any atom is 0.204 e. The highest BCUT2D eigenvalue weighted by Crippen LogP contribution is 2.46. The van der Waals surface area contributed by atoms with Gasteiger partial charge in [-0.15, -0.1) is 0 Å². The van der Waals surface area contributed by atoms with Crippen molar-refractivity contribution in [2.24, 2.45) is 0 Å². The van der Waals surface area contributed by atoms with Gasteiger partial charge in [-0.3, -0.25) is 4.57 Å². The van der Waals surface area contributed by atoms with Crippen LogP contribution >= 0.6 is 63.5 Å². The van der Waals surface area contributed by atoms with Crippen molar-refractivity contribution in [1.82, 2.24) is 0 Å². The molecule has 2 rings (SSSR count). The molecule has 1 atom stereocenters. The second-order valence-electron chi connectivity index (χ2n) is 6.91. The quantitative estimate of drug-likeness (QED) is 0.174. The number of hydrogen-bond donors (Lipinski definition) is 0. The van der Waals surface area contributed by atoms with Gasteiger partial charge in [-0.2, -0.15) is 0 Å². The number of rotatable bonds is 11.